The van der Waals surface area contributed by atoms with Crippen LogP contribution in [0.5, 0.6) is 5.75 Å². The number of ether oxygens (including phenoxy) is 2. The topological polar surface area (TPSA) is 30.5 Å². The van der Waals surface area contributed by atoms with Crippen molar-refractivity contribution < 1.29 is 9.47 Å². The molecule has 0 fully saturated rings. The van der Waals surface area contributed by atoms with Crippen LogP contribution < -0.4 is 10.1 Å². The minimum absolute atomic E-state index is 0.642. The van der Waals surface area contributed by atoms with Gasteiger partial charge in [-0.25, -0.2) is 0 Å². The van der Waals surface area contributed by atoms with Crippen LogP contribution in [-0.2, 0) is 11.3 Å². The van der Waals surface area contributed by atoms with Crippen LogP contribution in [0.4, 0.5) is 0 Å². The Morgan fingerprint density at radius 2 is 2.05 bits per heavy atom. The molecule has 0 aliphatic carbocycles. The van der Waals surface area contributed by atoms with Gasteiger partial charge in [-0.2, -0.15) is 0 Å². The van der Waals surface area contributed by atoms with Crippen LogP contribution in [0.3, 0.4) is 0 Å². The highest BCUT2D eigenvalue weighted by molar-refractivity contribution is 6.32. The van der Waals surface area contributed by atoms with Crippen molar-refractivity contribution in [2.45, 2.75) is 26.8 Å². The van der Waals surface area contributed by atoms with E-state index in [2.05, 4.69) is 19.2 Å². The summed E-state index contributed by atoms with van der Waals surface area (Å²) in [7, 11) is 1.70. The second kappa shape index (κ2) is 9.18. The Bertz CT molecular complexity index is 369. The molecule has 0 saturated carbocycles. The van der Waals surface area contributed by atoms with Crippen LogP contribution >= 0.6 is 11.6 Å². The number of hydrogen-bond acceptors (Lipinski definition) is 3. The van der Waals surface area contributed by atoms with E-state index in [4.69, 9.17) is 21.1 Å². The highest BCUT2D eigenvalue weighted by Gasteiger charge is 2.04. The zero-order chi connectivity index (χ0) is 14.1. The molecule has 0 amide bonds. The number of benzene rings is 1. The summed E-state index contributed by atoms with van der Waals surface area (Å²) in [5.41, 5.74) is 1.15. The summed E-state index contributed by atoms with van der Waals surface area (Å²) in [6.07, 6.45) is 1.04. The molecule has 0 bridgehead atoms. The van der Waals surface area contributed by atoms with E-state index in [1.54, 1.807) is 7.11 Å². The molecule has 0 aliphatic rings. The van der Waals surface area contributed by atoms with Crippen molar-refractivity contribution >= 4 is 11.6 Å². The first-order valence-electron chi connectivity index (χ1n) is 6.74. The Kier molecular flexibility index (Phi) is 7.87. The van der Waals surface area contributed by atoms with Gasteiger partial charge in [-0.15, -0.1) is 0 Å². The fourth-order valence-corrected chi connectivity index (χ4v) is 1.84. The van der Waals surface area contributed by atoms with Crippen molar-refractivity contribution in [3.63, 3.8) is 0 Å². The molecule has 0 radical (unpaired) electrons. The van der Waals surface area contributed by atoms with Crippen LogP contribution in [0.2, 0.25) is 5.02 Å². The normalized spacial score (nSPS) is 11.0. The summed E-state index contributed by atoms with van der Waals surface area (Å²) >= 11 is 6.21. The molecule has 0 atom stereocenters. The minimum atomic E-state index is 0.642. The van der Waals surface area contributed by atoms with Crippen LogP contribution in [0.1, 0.15) is 25.8 Å². The quantitative estimate of drug-likeness (QED) is 0.705. The highest BCUT2D eigenvalue weighted by atomic mass is 35.5. The third-order valence-corrected chi connectivity index (χ3v) is 3.06. The maximum absolute atomic E-state index is 6.21. The lowest BCUT2D eigenvalue weighted by molar-refractivity contribution is 0.199. The zero-order valence-electron chi connectivity index (χ0n) is 12.0. The van der Waals surface area contributed by atoms with Crippen molar-refractivity contribution in [1.29, 1.82) is 0 Å². The minimum Gasteiger partial charge on any atom is -0.492 e. The van der Waals surface area contributed by atoms with E-state index in [0.29, 0.717) is 24.2 Å². The molecule has 0 unspecified atom stereocenters. The van der Waals surface area contributed by atoms with Gasteiger partial charge in [0.1, 0.15) is 5.75 Å². The van der Waals surface area contributed by atoms with Gasteiger partial charge in [-0.1, -0.05) is 31.5 Å². The van der Waals surface area contributed by atoms with E-state index in [0.717, 1.165) is 30.8 Å². The molecule has 0 heterocycles. The predicted molar refractivity (Wildman–Crippen MR) is 80.0 cm³/mol. The third kappa shape index (κ3) is 6.81. The van der Waals surface area contributed by atoms with E-state index in [1.807, 2.05) is 18.2 Å². The molecule has 0 aliphatic heterocycles. The average Bonchev–Trinajstić information content (AvgIpc) is 2.37. The summed E-state index contributed by atoms with van der Waals surface area (Å²) in [6.45, 7) is 7.41. The van der Waals surface area contributed by atoms with Crippen molar-refractivity contribution in [2.24, 2.45) is 5.92 Å². The van der Waals surface area contributed by atoms with Crippen LogP contribution in [0, 0.1) is 5.92 Å². The molecule has 19 heavy (non-hydrogen) atoms. The number of hydrogen-bond donors (Lipinski definition) is 1. The summed E-state index contributed by atoms with van der Waals surface area (Å²) in [4.78, 5) is 0. The Morgan fingerprint density at radius 3 is 2.68 bits per heavy atom. The molecule has 0 spiro atoms. The van der Waals surface area contributed by atoms with Crippen LogP contribution in [0.15, 0.2) is 18.2 Å². The predicted octanol–water partition coefficient (Wildman–Crippen LogP) is 3.50. The third-order valence-electron chi connectivity index (χ3n) is 2.76. The summed E-state index contributed by atoms with van der Waals surface area (Å²) in [5, 5.41) is 3.96. The summed E-state index contributed by atoms with van der Waals surface area (Å²) in [5.74, 6) is 1.41. The molecule has 1 rings (SSSR count). The van der Waals surface area contributed by atoms with Crippen LogP contribution in [-0.4, -0.2) is 26.9 Å². The lowest BCUT2D eigenvalue weighted by atomic mass is 10.1. The molecule has 4 heteroatoms. The van der Waals surface area contributed by atoms with Crippen molar-refractivity contribution in [1.82, 2.24) is 5.32 Å². The number of nitrogens with one attached hydrogen (secondary N) is 1. The Balaban J connectivity index is 2.40. The second-order valence-corrected chi connectivity index (χ2v) is 5.37. The molecule has 108 valence electrons. The molecule has 0 aromatic heterocycles. The van der Waals surface area contributed by atoms with Gasteiger partial charge < -0.3 is 14.8 Å². The van der Waals surface area contributed by atoms with Gasteiger partial charge in [-0.3, -0.25) is 0 Å². The lowest BCUT2D eigenvalue weighted by Crippen LogP contribution is -2.18. The first-order valence-corrected chi connectivity index (χ1v) is 7.12. The highest BCUT2D eigenvalue weighted by Crippen LogP contribution is 2.25. The van der Waals surface area contributed by atoms with Crippen molar-refractivity contribution in [3.05, 3.63) is 28.8 Å². The van der Waals surface area contributed by atoms with Gasteiger partial charge >= 0.3 is 0 Å². The molecule has 0 saturated heterocycles. The largest absolute Gasteiger partial charge is 0.492 e. The smallest absolute Gasteiger partial charge is 0.137 e. The van der Waals surface area contributed by atoms with Crippen molar-refractivity contribution in [2.75, 3.05) is 26.9 Å². The zero-order valence-corrected chi connectivity index (χ0v) is 12.8. The van der Waals surface area contributed by atoms with Crippen LogP contribution in [0.25, 0.3) is 0 Å². The molecular formula is C15H24ClNO2. The maximum Gasteiger partial charge on any atom is 0.137 e. The average molecular weight is 286 g/mol. The molecule has 1 N–H and O–H groups in total. The first-order chi connectivity index (χ1) is 9.13. The number of methoxy groups -OCH3 is 1. The standard InChI is InChI=1S/C15H24ClNO2/c1-12(2)6-8-19-15-5-4-13(10-14(15)16)11-17-7-9-18-3/h4-5,10,12,17H,6-9,11H2,1-3H3. The van der Waals surface area contributed by atoms with Gasteiger partial charge in [0.05, 0.1) is 18.2 Å². The Labute approximate surface area is 121 Å². The maximum atomic E-state index is 6.21. The van der Waals surface area contributed by atoms with E-state index in [-0.39, 0.29) is 0 Å². The van der Waals surface area contributed by atoms with E-state index >= 15 is 0 Å². The number of halogens is 1. The van der Waals surface area contributed by atoms with Gasteiger partial charge in [0.15, 0.2) is 0 Å². The monoisotopic (exact) mass is 285 g/mol. The first kappa shape index (κ1) is 16.3. The molecule has 3 nitrogen and oxygen atoms in total. The SMILES string of the molecule is COCCNCc1ccc(OCCC(C)C)c(Cl)c1. The second-order valence-electron chi connectivity index (χ2n) is 4.97. The van der Waals surface area contributed by atoms with Gasteiger partial charge in [-0.05, 0) is 30.0 Å². The van der Waals surface area contributed by atoms with Gasteiger partial charge in [0, 0.05) is 20.2 Å². The number of rotatable bonds is 9. The van der Waals surface area contributed by atoms with E-state index < -0.39 is 0 Å². The molecule has 1 aromatic carbocycles. The van der Waals surface area contributed by atoms with E-state index in [9.17, 15) is 0 Å². The summed E-state index contributed by atoms with van der Waals surface area (Å²) < 4.78 is 10.7. The van der Waals surface area contributed by atoms with Gasteiger partial charge in [0.25, 0.3) is 0 Å². The Morgan fingerprint density at radius 1 is 1.26 bits per heavy atom. The van der Waals surface area contributed by atoms with Crippen molar-refractivity contribution in [3.8, 4) is 5.75 Å². The fourth-order valence-electron chi connectivity index (χ4n) is 1.58. The lowest BCUT2D eigenvalue weighted by Gasteiger charge is -2.11. The Hall–Kier alpha value is -0.770. The summed E-state index contributed by atoms with van der Waals surface area (Å²) in [6, 6.07) is 5.93. The molecular weight excluding hydrogens is 262 g/mol. The van der Waals surface area contributed by atoms with Gasteiger partial charge in [0.2, 0.25) is 0 Å². The van der Waals surface area contributed by atoms with E-state index in [1.165, 1.54) is 0 Å². The fraction of sp³-hybridized carbons (Fsp3) is 0.600. The molecule has 1 aromatic rings.